The molecule has 0 aromatic heterocycles. The molecular weight excluding hydrogens is 356 g/mol. The number of carbonyl (C=O) groups excluding carboxylic acids is 1. The summed E-state index contributed by atoms with van der Waals surface area (Å²) in [7, 11) is 0. The summed E-state index contributed by atoms with van der Waals surface area (Å²) in [4.78, 5) is 12.1. The van der Waals surface area contributed by atoms with Crippen molar-refractivity contribution < 1.29 is 24.1 Å². The first-order valence-corrected chi connectivity index (χ1v) is 11.5. The van der Waals surface area contributed by atoms with Gasteiger partial charge in [-0.2, -0.15) is 0 Å². The summed E-state index contributed by atoms with van der Waals surface area (Å²) in [6.45, 7) is 6.31. The van der Waals surface area contributed by atoms with Crippen molar-refractivity contribution in [2.75, 3.05) is 19.8 Å². The molecule has 0 radical (unpaired) electrons. The zero-order valence-corrected chi connectivity index (χ0v) is 17.9. The molecular formula is C23H40O5. The van der Waals surface area contributed by atoms with E-state index in [1.807, 2.05) is 6.92 Å². The second kappa shape index (κ2) is 9.90. The Hall–Kier alpha value is -0.650. The molecule has 5 atom stereocenters. The Morgan fingerprint density at radius 3 is 2.54 bits per heavy atom. The zero-order chi connectivity index (χ0) is 20.0. The molecule has 1 aliphatic heterocycles. The van der Waals surface area contributed by atoms with Crippen LogP contribution in [0.4, 0.5) is 0 Å². The molecule has 5 heteroatoms. The van der Waals surface area contributed by atoms with Gasteiger partial charge in [-0.25, -0.2) is 0 Å². The van der Waals surface area contributed by atoms with Crippen LogP contribution >= 0.6 is 0 Å². The molecule has 1 N–H and O–H groups in total. The van der Waals surface area contributed by atoms with Gasteiger partial charge >= 0.3 is 5.97 Å². The Morgan fingerprint density at radius 1 is 1.04 bits per heavy atom. The van der Waals surface area contributed by atoms with Crippen molar-refractivity contribution >= 4 is 5.97 Å². The third-order valence-electron chi connectivity index (χ3n) is 6.88. The van der Waals surface area contributed by atoms with Crippen molar-refractivity contribution in [2.45, 2.75) is 108 Å². The van der Waals surface area contributed by atoms with Crippen molar-refractivity contribution in [2.24, 2.45) is 11.8 Å². The maximum Gasteiger partial charge on any atom is 0.309 e. The topological polar surface area (TPSA) is 68.3 Å². The van der Waals surface area contributed by atoms with Gasteiger partial charge in [0, 0.05) is 13.2 Å². The van der Waals surface area contributed by atoms with Crippen LogP contribution in [-0.4, -0.2) is 48.2 Å². The standard InChI is InChI=1S/C23H40O5/c1-22(25)12-8-9-19(16-22)21(24)27-14-7-5-3-4-6-13-26-17-18-10-11-20-23(2,15-18)28-20/h18-20,25H,3-17H2,1-2H3. The van der Waals surface area contributed by atoms with Gasteiger partial charge in [-0.1, -0.05) is 19.3 Å². The number of fused-ring (bicyclic) bond motifs is 1. The first-order valence-electron chi connectivity index (χ1n) is 11.5. The Morgan fingerprint density at radius 2 is 1.79 bits per heavy atom. The Balaban J connectivity index is 1.11. The highest BCUT2D eigenvalue weighted by Crippen LogP contribution is 2.49. The molecule has 5 unspecified atom stereocenters. The van der Waals surface area contributed by atoms with E-state index in [1.54, 1.807) is 0 Å². The van der Waals surface area contributed by atoms with Crippen molar-refractivity contribution in [1.29, 1.82) is 0 Å². The third-order valence-corrected chi connectivity index (χ3v) is 6.88. The largest absolute Gasteiger partial charge is 0.465 e. The molecule has 28 heavy (non-hydrogen) atoms. The van der Waals surface area contributed by atoms with Crippen molar-refractivity contribution in [1.82, 2.24) is 0 Å². The minimum Gasteiger partial charge on any atom is -0.465 e. The van der Waals surface area contributed by atoms with E-state index in [0.29, 0.717) is 25.0 Å². The van der Waals surface area contributed by atoms with Gasteiger partial charge in [-0.15, -0.1) is 0 Å². The van der Waals surface area contributed by atoms with Crippen LogP contribution in [0.3, 0.4) is 0 Å². The summed E-state index contributed by atoms with van der Waals surface area (Å²) in [5.74, 6) is 0.434. The van der Waals surface area contributed by atoms with E-state index in [9.17, 15) is 9.90 Å². The van der Waals surface area contributed by atoms with E-state index >= 15 is 0 Å². The second-order valence-electron chi connectivity index (χ2n) is 9.87. The van der Waals surface area contributed by atoms with Gasteiger partial charge < -0.3 is 19.3 Å². The maximum atomic E-state index is 12.1. The number of epoxide rings is 1. The maximum absolute atomic E-state index is 12.1. The predicted octanol–water partition coefficient (Wildman–Crippen LogP) is 4.40. The third kappa shape index (κ3) is 6.70. The molecule has 0 aromatic rings. The lowest BCUT2D eigenvalue weighted by Gasteiger charge is -2.32. The molecule has 0 aromatic carbocycles. The van der Waals surface area contributed by atoms with Crippen molar-refractivity contribution in [3.8, 4) is 0 Å². The van der Waals surface area contributed by atoms with E-state index in [1.165, 1.54) is 19.3 Å². The van der Waals surface area contributed by atoms with Crippen LogP contribution in [-0.2, 0) is 19.0 Å². The summed E-state index contributed by atoms with van der Waals surface area (Å²) in [5.41, 5.74) is -0.530. The lowest BCUT2D eigenvalue weighted by Crippen LogP contribution is -2.35. The molecule has 2 saturated carbocycles. The van der Waals surface area contributed by atoms with Crippen molar-refractivity contribution in [3.05, 3.63) is 0 Å². The van der Waals surface area contributed by atoms with Crippen molar-refractivity contribution in [3.63, 3.8) is 0 Å². The quantitative estimate of drug-likeness (QED) is 0.319. The molecule has 5 nitrogen and oxygen atoms in total. The van der Waals surface area contributed by atoms with Gasteiger partial charge in [-0.3, -0.25) is 4.79 Å². The highest BCUT2D eigenvalue weighted by atomic mass is 16.6. The van der Waals surface area contributed by atoms with Crippen LogP contribution in [0.25, 0.3) is 0 Å². The Kier molecular flexibility index (Phi) is 7.80. The minimum absolute atomic E-state index is 0.118. The summed E-state index contributed by atoms with van der Waals surface area (Å²) in [5, 5.41) is 10.1. The fourth-order valence-electron chi connectivity index (χ4n) is 5.08. The van der Waals surface area contributed by atoms with Crippen LogP contribution in [0.2, 0.25) is 0 Å². The predicted molar refractivity (Wildman–Crippen MR) is 108 cm³/mol. The van der Waals surface area contributed by atoms with Gasteiger partial charge in [0.05, 0.1) is 29.8 Å². The molecule has 2 aliphatic carbocycles. The van der Waals surface area contributed by atoms with E-state index in [0.717, 1.165) is 64.6 Å². The average Bonchev–Trinajstić information content (AvgIpc) is 3.32. The van der Waals surface area contributed by atoms with Gasteiger partial charge in [0.25, 0.3) is 0 Å². The second-order valence-corrected chi connectivity index (χ2v) is 9.87. The normalized spacial score (nSPS) is 37.3. The van der Waals surface area contributed by atoms with Gasteiger partial charge in [0.2, 0.25) is 0 Å². The van der Waals surface area contributed by atoms with E-state index in [4.69, 9.17) is 14.2 Å². The lowest BCUT2D eigenvalue weighted by molar-refractivity contribution is -0.153. The average molecular weight is 397 g/mol. The zero-order valence-electron chi connectivity index (χ0n) is 17.9. The summed E-state index contributed by atoms with van der Waals surface area (Å²) in [6.07, 6.45) is 12.7. The molecule has 0 bridgehead atoms. The molecule has 0 amide bonds. The first-order chi connectivity index (χ1) is 13.4. The van der Waals surface area contributed by atoms with E-state index in [-0.39, 0.29) is 17.5 Å². The smallest absolute Gasteiger partial charge is 0.309 e. The van der Waals surface area contributed by atoms with Gasteiger partial charge in [0.15, 0.2) is 0 Å². The summed E-state index contributed by atoms with van der Waals surface area (Å²) < 4.78 is 17.1. The SMILES string of the molecule is CC1(O)CCCC(C(=O)OCCCCCCCOCC2CCC3OC3(C)C2)C1. The fourth-order valence-corrected chi connectivity index (χ4v) is 5.08. The monoisotopic (exact) mass is 396 g/mol. The summed E-state index contributed by atoms with van der Waals surface area (Å²) >= 11 is 0. The van der Waals surface area contributed by atoms with Crippen LogP contribution in [0.1, 0.15) is 90.9 Å². The Labute approximate surface area is 170 Å². The number of unbranched alkanes of at least 4 members (excludes halogenated alkanes) is 4. The number of hydrogen-bond acceptors (Lipinski definition) is 5. The molecule has 0 spiro atoms. The summed E-state index contributed by atoms with van der Waals surface area (Å²) in [6, 6.07) is 0. The number of hydrogen-bond donors (Lipinski definition) is 1. The number of rotatable bonds is 11. The molecule has 3 fully saturated rings. The number of aliphatic hydroxyl groups is 1. The van der Waals surface area contributed by atoms with E-state index < -0.39 is 5.60 Å². The number of carbonyl (C=O) groups is 1. The van der Waals surface area contributed by atoms with Crippen LogP contribution in [0.15, 0.2) is 0 Å². The first kappa shape index (κ1) is 22.0. The molecule has 3 aliphatic rings. The molecule has 1 heterocycles. The molecule has 3 rings (SSSR count). The number of ether oxygens (including phenoxy) is 3. The highest BCUT2D eigenvalue weighted by Gasteiger charge is 2.55. The van der Waals surface area contributed by atoms with Crippen LogP contribution in [0, 0.1) is 11.8 Å². The molecule has 162 valence electrons. The molecule has 1 saturated heterocycles. The number of esters is 1. The van der Waals surface area contributed by atoms with Crippen LogP contribution in [0.5, 0.6) is 0 Å². The van der Waals surface area contributed by atoms with E-state index in [2.05, 4.69) is 6.92 Å². The highest BCUT2D eigenvalue weighted by molar-refractivity contribution is 5.72. The van der Waals surface area contributed by atoms with Gasteiger partial charge in [-0.05, 0) is 77.6 Å². The fraction of sp³-hybridized carbons (Fsp3) is 0.957. The van der Waals surface area contributed by atoms with Gasteiger partial charge in [0.1, 0.15) is 0 Å². The Bertz CT molecular complexity index is 505. The minimum atomic E-state index is -0.701. The van der Waals surface area contributed by atoms with Crippen LogP contribution < -0.4 is 0 Å². The lowest BCUT2D eigenvalue weighted by atomic mass is 9.79.